The summed E-state index contributed by atoms with van der Waals surface area (Å²) in [5.74, 6) is 1.37. The minimum Gasteiger partial charge on any atom is -0.497 e. The molecule has 0 saturated heterocycles. The van der Waals surface area contributed by atoms with Gasteiger partial charge in [0.1, 0.15) is 17.1 Å². The number of amides is 2. The third kappa shape index (κ3) is 3.28. The minimum absolute atomic E-state index is 0.296. The SMILES string of the molecule is COc1ccc(CNC(=O)Nc2c(C)noc2C)cc1. The average Bonchev–Trinajstić information content (AvgIpc) is 2.77. The van der Waals surface area contributed by atoms with Gasteiger partial charge < -0.3 is 19.9 Å². The van der Waals surface area contributed by atoms with Gasteiger partial charge in [0, 0.05) is 6.54 Å². The number of benzene rings is 1. The zero-order chi connectivity index (χ0) is 14.5. The normalized spacial score (nSPS) is 10.2. The molecule has 1 aromatic carbocycles. The largest absolute Gasteiger partial charge is 0.497 e. The first-order chi connectivity index (χ1) is 9.60. The van der Waals surface area contributed by atoms with Crippen molar-refractivity contribution >= 4 is 11.7 Å². The van der Waals surface area contributed by atoms with Gasteiger partial charge in [-0.2, -0.15) is 0 Å². The number of methoxy groups -OCH3 is 1. The molecule has 0 aliphatic heterocycles. The smallest absolute Gasteiger partial charge is 0.319 e. The second-order valence-corrected chi connectivity index (χ2v) is 4.35. The lowest BCUT2D eigenvalue weighted by molar-refractivity contribution is 0.251. The number of nitrogens with one attached hydrogen (secondary N) is 2. The summed E-state index contributed by atoms with van der Waals surface area (Å²) in [5.41, 5.74) is 2.25. The zero-order valence-electron chi connectivity index (χ0n) is 11.7. The molecular formula is C14H17N3O3. The number of aryl methyl sites for hydroxylation is 2. The van der Waals surface area contributed by atoms with E-state index < -0.39 is 0 Å². The predicted octanol–water partition coefficient (Wildman–Crippen LogP) is 2.62. The zero-order valence-corrected chi connectivity index (χ0v) is 11.7. The third-order valence-electron chi connectivity index (χ3n) is 2.88. The molecule has 0 aliphatic carbocycles. The number of anilines is 1. The molecular weight excluding hydrogens is 258 g/mol. The van der Waals surface area contributed by atoms with E-state index in [0.29, 0.717) is 23.7 Å². The minimum atomic E-state index is -0.296. The summed E-state index contributed by atoms with van der Waals surface area (Å²) < 4.78 is 10.1. The number of aromatic nitrogens is 1. The first kappa shape index (κ1) is 13.9. The fraction of sp³-hybridized carbons (Fsp3) is 0.286. The van der Waals surface area contributed by atoms with Crippen molar-refractivity contribution in [3.8, 4) is 5.75 Å². The molecule has 6 heteroatoms. The van der Waals surface area contributed by atoms with Crippen molar-refractivity contribution in [1.82, 2.24) is 10.5 Å². The van der Waals surface area contributed by atoms with Crippen LogP contribution in [0.3, 0.4) is 0 Å². The molecule has 2 aromatic rings. The molecule has 0 unspecified atom stereocenters. The van der Waals surface area contributed by atoms with Crippen molar-refractivity contribution in [3.05, 3.63) is 41.3 Å². The maximum atomic E-state index is 11.8. The van der Waals surface area contributed by atoms with Gasteiger partial charge in [-0.1, -0.05) is 17.3 Å². The first-order valence-electron chi connectivity index (χ1n) is 6.21. The third-order valence-corrected chi connectivity index (χ3v) is 2.88. The van der Waals surface area contributed by atoms with E-state index in [1.54, 1.807) is 21.0 Å². The van der Waals surface area contributed by atoms with Crippen LogP contribution >= 0.6 is 0 Å². The summed E-state index contributed by atoms with van der Waals surface area (Å²) >= 11 is 0. The highest BCUT2D eigenvalue weighted by atomic mass is 16.5. The number of rotatable bonds is 4. The molecule has 1 aromatic heterocycles. The van der Waals surface area contributed by atoms with Crippen LogP contribution in [-0.4, -0.2) is 18.3 Å². The van der Waals surface area contributed by atoms with Gasteiger partial charge in [-0.15, -0.1) is 0 Å². The van der Waals surface area contributed by atoms with E-state index in [0.717, 1.165) is 11.3 Å². The number of urea groups is 1. The molecule has 0 aliphatic rings. The molecule has 20 heavy (non-hydrogen) atoms. The van der Waals surface area contributed by atoms with E-state index in [1.807, 2.05) is 24.3 Å². The van der Waals surface area contributed by atoms with Crippen LogP contribution in [0.5, 0.6) is 5.75 Å². The molecule has 0 bridgehead atoms. The Morgan fingerprint density at radius 3 is 2.55 bits per heavy atom. The molecule has 2 N–H and O–H groups in total. The van der Waals surface area contributed by atoms with Crippen LogP contribution in [0.4, 0.5) is 10.5 Å². The van der Waals surface area contributed by atoms with Crippen LogP contribution in [-0.2, 0) is 6.54 Å². The Hall–Kier alpha value is -2.50. The van der Waals surface area contributed by atoms with Crippen LogP contribution in [0.1, 0.15) is 17.0 Å². The van der Waals surface area contributed by atoms with Crippen molar-refractivity contribution in [2.24, 2.45) is 0 Å². The lowest BCUT2D eigenvalue weighted by Crippen LogP contribution is -2.28. The first-order valence-corrected chi connectivity index (χ1v) is 6.21. The van der Waals surface area contributed by atoms with Crippen molar-refractivity contribution in [1.29, 1.82) is 0 Å². The average molecular weight is 275 g/mol. The summed E-state index contributed by atoms with van der Waals surface area (Å²) in [6, 6.07) is 7.20. The quantitative estimate of drug-likeness (QED) is 0.899. The molecule has 0 atom stereocenters. The van der Waals surface area contributed by atoms with Gasteiger partial charge >= 0.3 is 6.03 Å². The van der Waals surface area contributed by atoms with E-state index in [-0.39, 0.29) is 6.03 Å². The number of hydrogen-bond acceptors (Lipinski definition) is 4. The molecule has 2 amide bonds. The molecule has 106 valence electrons. The van der Waals surface area contributed by atoms with Gasteiger partial charge in [0.15, 0.2) is 5.76 Å². The van der Waals surface area contributed by atoms with Gasteiger partial charge in [0.05, 0.1) is 7.11 Å². The monoisotopic (exact) mass is 275 g/mol. The second kappa shape index (κ2) is 6.10. The number of nitrogens with zero attached hydrogens (tertiary/aromatic N) is 1. The fourth-order valence-corrected chi connectivity index (χ4v) is 1.74. The predicted molar refractivity (Wildman–Crippen MR) is 74.8 cm³/mol. The molecule has 0 spiro atoms. The van der Waals surface area contributed by atoms with Crippen LogP contribution in [0, 0.1) is 13.8 Å². The van der Waals surface area contributed by atoms with Gasteiger partial charge in [-0.05, 0) is 31.5 Å². The van der Waals surface area contributed by atoms with Crippen molar-refractivity contribution in [2.45, 2.75) is 20.4 Å². The molecule has 0 radical (unpaired) electrons. The molecule has 1 heterocycles. The summed E-state index contributed by atoms with van der Waals surface area (Å²) in [7, 11) is 1.62. The van der Waals surface area contributed by atoms with Crippen molar-refractivity contribution < 1.29 is 14.1 Å². The van der Waals surface area contributed by atoms with Crippen molar-refractivity contribution in [3.63, 3.8) is 0 Å². The highest BCUT2D eigenvalue weighted by Gasteiger charge is 2.11. The highest BCUT2D eigenvalue weighted by molar-refractivity contribution is 5.90. The van der Waals surface area contributed by atoms with E-state index in [9.17, 15) is 4.79 Å². The highest BCUT2D eigenvalue weighted by Crippen LogP contribution is 2.18. The lowest BCUT2D eigenvalue weighted by Gasteiger charge is -2.07. The van der Waals surface area contributed by atoms with Gasteiger partial charge in [0.2, 0.25) is 0 Å². The maximum Gasteiger partial charge on any atom is 0.319 e. The second-order valence-electron chi connectivity index (χ2n) is 4.35. The number of ether oxygens (including phenoxy) is 1. The Balaban J connectivity index is 1.89. The fourth-order valence-electron chi connectivity index (χ4n) is 1.74. The Morgan fingerprint density at radius 2 is 2.00 bits per heavy atom. The van der Waals surface area contributed by atoms with Crippen molar-refractivity contribution in [2.75, 3.05) is 12.4 Å². The number of hydrogen-bond donors (Lipinski definition) is 2. The van der Waals surface area contributed by atoms with Crippen LogP contribution < -0.4 is 15.4 Å². The molecule has 2 rings (SSSR count). The van der Waals surface area contributed by atoms with E-state index in [1.165, 1.54) is 0 Å². The molecule has 6 nitrogen and oxygen atoms in total. The van der Waals surface area contributed by atoms with Gasteiger partial charge in [0.25, 0.3) is 0 Å². The molecule has 0 saturated carbocycles. The van der Waals surface area contributed by atoms with E-state index in [2.05, 4.69) is 15.8 Å². The Bertz CT molecular complexity index is 571. The van der Waals surface area contributed by atoms with Crippen LogP contribution in [0.2, 0.25) is 0 Å². The summed E-state index contributed by atoms with van der Waals surface area (Å²) in [6.07, 6.45) is 0. The van der Waals surface area contributed by atoms with Gasteiger partial charge in [-0.3, -0.25) is 0 Å². The van der Waals surface area contributed by atoms with E-state index >= 15 is 0 Å². The summed E-state index contributed by atoms with van der Waals surface area (Å²) in [5, 5.41) is 9.26. The Labute approximate surface area is 117 Å². The standard InChI is InChI=1S/C14H17N3O3/c1-9-13(10(2)20-17-9)16-14(18)15-8-11-4-6-12(19-3)7-5-11/h4-7H,8H2,1-3H3,(H2,15,16,18). The number of carbonyl (C=O) groups is 1. The Kier molecular flexibility index (Phi) is 4.24. The number of carbonyl (C=O) groups excluding carboxylic acids is 1. The summed E-state index contributed by atoms with van der Waals surface area (Å²) in [6.45, 7) is 3.95. The Morgan fingerprint density at radius 1 is 1.30 bits per heavy atom. The maximum absolute atomic E-state index is 11.8. The summed E-state index contributed by atoms with van der Waals surface area (Å²) in [4.78, 5) is 11.8. The lowest BCUT2D eigenvalue weighted by atomic mass is 10.2. The van der Waals surface area contributed by atoms with Gasteiger partial charge in [-0.25, -0.2) is 4.79 Å². The molecule has 0 fully saturated rings. The van der Waals surface area contributed by atoms with E-state index in [4.69, 9.17) is 9.26 Å². The van der Waals surface area contributed by atoms with Crippen LogP contribution in [0.15, 0.2) is 28.8 Å². The van der Waals surface area contributed by atoms with Crippen LogP contribution in [0.25, 0.3) is 0 Å². The topological polar surface area (TPSA) is 76.4 Å².